The van der Waals surface area contributed by atoms with Gasteiger partial charge in [0.1, 0.15) is 11.5 Å². The monoisotopic (exact) mass is 571 g/mol. The van der Waals surface area contributed by atoms with E-state index in [9.17, 15) is 35.9 Å². The lowest BCUT2D eigenvalue weighted by Crippen LogP contribution is -2.31. The minimum absolute atomic E-state index is 0.00271. The molecular formula is C25H29F4N5O4S. The fourth-order valence-electron chi connectivity index (χ4n) is 4.59. The number of pyridine rings is 1. The molecule has 0 saturated heterocycles. The van der Waals surface area contributed by atoms with Gasteiger partial charge in [0, 0.05) is 29.2 Å². The lowest BCUT2D eigenvalue weighted by atomic mass is 9.93. The van der Waals surface area contributed by atoms with Crippen LogP contribution < -0.4 is 15.6 Å². The zero-order valence-electron chi connectivity index (χ0n) is 21.3. The van der Waals surface area contributed by atoms with Gasteiger partial charge in [-0.3, -0.25) is 14.1 Å². The van der Waals surface area contributed by atoms with E-state index in [0.29, 0.717) is 23.4 Å². The predicted molar refractivity (Wildman–Crippen MR) is 140 cm³/mol. The number of hydrogen-bond acceptors (Lipinski definition) is 7. The fraction of sp³-hybridized carbons (Fsp3) is 0.480. The van der Waals surface area contributed by atoms with Crippen LogP contribution in [0.2, 0.25) is 0 Å². The van der Waals surface area contributed by atoms with Gasteiger partial charge in [-0.2, -0.15) is 18.2 Å². The predicted octanol–water partition coefficient (Wildman–Crippen LogP) is 4.59. The molecule has 2 atom stereocenters. The zero-order valence-corrected chi connectivity index (χ0v) is 22.1. The third-order valence-electron chi connectivity index (χ3n) is 6.47. The van der Waals surface area contributed by atoms with E-state index in [2.05, 4.69) is 15.3 Å². The lowest BCUT2D eigenvalue weighted by molar-refractivity contribution is -0.129. The molecule has 0 radical (unpaired) electrons. The van der Waals surface area contributed by atoms with Crippen molar-refractivity contribution in [2.75, 3.05) is 15.8 Å². The number of hydrogen-bond donors (Lipinski definition) is 3. The molecule has 0 aliphatic heterocycles. The summed E-state index contributed by atoms with van der Waals surface area (Å²) in [7, 11) is -4.45. The number of halogens is 4. The molecule has 0 unspecified atom stereocenters. The van der Waals surface area contributed by atoms with E-state index in [0.717, 1.165) is 31.4 Å². The Morgan fingerprint density at radius 1 is 1.21 bits per heavy atom. The second-order valence-corrected chi connectivity index (χ2v) is 11.8. The lowest BCUT2D eigenvalue weighted by Gasteiger charge is -2.26. The summed E-state index contributed by atoms with van der Waals surface area (Å²) >= 11 is 0. The zero-order chi connectivity index (χ0) is 28.5. The van der Waals surface area contributed by atoms with Crippen molar-refractivity contribution in [2.24, 2.45) is 0 Å². The Morgan fingerprint density at radius 2 is 1.95 bits per heavy atom. The molecule has 3 N–H and O–H groups in total. The van der Waals surface area contributed by atoms with Gasteiger partial charge in [-0.05, 0) is 63.3 Å². The molecule has 1 fully saturated rings. The molecule has 0 bridgehead atoms. The Hall–Kier alpha value is -3.26. The number of sulfonamides is 1. The van der Waals surface area contributed by atoms with E-state index in [1.54, 1.807) is 13.8 Å². The fourth-order valence-corrected chi connectivity index (χ4v) is 5.69. The number of nitrogens with one attached hydrogen (secondary N) is 2. The van der Waals surface area contributed by atoms with Crippen LogP contribution in [-0.4, -0.2) is 52.1 Å². The first-order valence-electron chi connectivity index (χ1n) is 12.5. The average Bonchev–Trinajstić information content (AvgIpc) is 2.83. The third kappa shape index (κ3) is 7.04. The van der Waals surface area contributed by atoms with Crippen molar-refractivity contribution in [1.82, 2.24) is 14.5 Å². The van der Waals surface area contributed by atoms with E-state index in [1.165, 1.54) is 22.9 Å². The maximum Gasteiger partial charge on any atom is 0.390 e. The molecule has 0 spiro atoms. The van der Waals surface area contributed by atoms with Gasteiger partial charge in [0.15, 0.2) is 0 Å². The SMILES string of the molecule is CC(C)n1c(=O)c(-c2ccc(NS(=O)(=O)CCC(F)(F)F)c(F)c2)cc2cnc(N[C@H]3CCC[C@@H](O)C3)nc21. The van der Waals surface area contributed by atoms with Crippen LogP contribution in [0.4, 0.5) is 29.2 Å². The summed E-state index contributed by atoms with van der Waals surface area (Å²) in [5.74, 6) is -1.99. The summed E-state index contributed by atoms with van der Waals surface area (Å²) in [6, 6.07) is 4.48. The minimum atomic E-state index is -4.68. The van der Waals surface area contributed by atoms with E-state index >= 15 is 0 Å². The van der Waals surface area contributed by atoms with E-state index in [4.69, 9.17) is 0 Å². The van der Waals surface area contributed by atoms with E-state index < -0.39 is 51.5 Å². The number of aliphatic hydroxyl groups excluding tert-OH is 1. The number of alkyl halides is 3. The average molecular weight is 572 g/mol. The molecule has 1 aliphatic rings. The maximum absolute atomic E-state index is 14.8. The molecule has 2 aromatic heterocycles. The quantitative estimate of drug-likeness (QED) is 0.338. The van der Waals surface area contributed by atoms with Crippen LogP contribution in [0.25, 0.3) is 22.2 Å². The number of anilines is 2. The number of rotatable bonds is 8. The molecular weight excluding hydrogens is 542 g/mol. The molecule has 4 rings (SSSR count). The van der Waals surface area contributed by atoms with Gasteiger partial charge < -0.3 is 10.4 Å². The van der Waals surface area contributed by atoms with Gasteiger partial charge in [0.05, 0.1) is 24.0 Å². The van der Waals surface area contributed by atoms with Crippen molar-refractivity contribution in [1.29, 1.82) is 0 Å². The van der Waals surface area contributed by atoms with Gasteiger partial charge in [0.25, 0.3) is 5.56 Å². The van der Waals surface area contributed by atoms with Crippen LogP contribution in [0.5, 0.6) is 0 Å². The molecule has 3 aromatic rings. The largest absolute Gasteiger partial charge is 0.393 e. The number of benzene rings is 1. The Bertz CT molecular complexity index is 1530. The van der Waals surface area contributed by atoms with E-state index in [-0.39, 0.29) is 23.2 Å². The van der Waals surface area contributed by atoms with Crippen molar-refractivity contribution < 1.29 is 31.1 Å². The van der Waals surface area contributed by atoms with Gasteiger partial charge in [0.2, 0.25) is 16.0 Å². The Labute approximate surface area is 222 Å². The highest BCUT2D eigenvalue weighted by Gasteiger charge is 2.30. The summed E-state index contributed by atoms with van der Waals surface area (Å²) in [5, 5.41) is 13.7. The van der Waals surface area contributed by atoms with Crippen molar-refractivity contribution in [3.05, 3.63) is 46.6 Å². The minimum Gasteiger partial charge on any atom is -0.393 e. The van der Waals surface area contributed by atoms with E-state index in [1.807, 2.05) is 4.72 Å². The summed E-state index contributed by atoms with van der Waals surface area (Å²) < 4.78 is 79.3. The Balaban J connectivity index is 1.66. The maximum atomic E-state index is 14.8. The van der Waals surface area contributed by atoms with Crippen molar-refractivity contribution in [2.45, 2.75) is 70.3 Å². The first-order chi connectivity index (χ1) is 18.2. The van der Waals surface area contributed by atoms with Crippen LogP contribution >= 0.6 is 0 Å². The molecule has 2 heterocycles. The van der Waals surface area contributed by atoms with Gasteiger partial charge in [-0.1, -0.05) is 6.07 Å². The second kappa shape index (κ2) is 11.1. The van der Waals surface area contributed by atoms with Crippen LogP contribution in [0.15, 0.2) is 35.3 Å². The van der Waals surface area contributed by atoms with Crippen LogP contribution in [0.1, 0.15) is 52.0 Å². The van der Waals surface area contributed by atoms with Crippen molar-refractivity contribution in [3.63, 3.8) is 0 Å². The number of nitrogens with zero attached hydrogens (tertiary/aromatic N) is 3. The summed E-state index contributed by atoms with van der Waals surface area (Å²) in [6.07, 6.45) is -2.07. The molecule has 212 valence electrons. The van der Waals surface area contributed by atoms with Crippen LogP contribution in [-0.2, 0) is 10.0 Å². The molecule has 0 amide bonds. The molecule has 1 saturated carbocycles. The number of aromatic nitrogens is 3. The Morgan fingerprint density at radius 3 is 2.59 bits per heavy atom. The number of aliphatic hydroxyl groups is 1. The van der Waals surface area contributed by atoms with Crippen molar-refractivity contribution in [3.8, 4) is 11.1 Å². The summed E-state index contributed by atoms with van der Waals surface area (Å²) in [6.45, 7) is 3.58. The normalized spacial score (nSPS) is 18.5. The Kier molecular flexibility index (Phi) is 8.17. The number of fused-ring (bicyclic) bond motifs is 1. The topological polar surface area (TPSA) is 126 Å². The standard InChI is InChI=1S/C25H29F4N5O4S/c1-14(2)34-22-16(13-30-24(32-22)31-17-4-3-5-18(35)12-17)10-19(23(34)36)15-6-7-21(20(26)11-15)33-39(37,38)9-8-25(27,28)29/h6-7,10-11,13-14,17-18,33,35H,3-5,8-9,12H2,1-2H3,(H,30,31,32)/t17-,18+/m0/s1. The molecule has 9 nitrogen and oxygen atoms in total. The molecule has 1 aromatic carbocycles. The highest BCUT2D eigenvalue weighted by atomic mass is 32.2. The van der Waals surface area contributed by atoms with Gasteiger partial charge >= 0.3 is 6.18 Å². The third-order valence-corrected chi connectivity index (χ3v) is 7.74. The summed E-state index contributed by atoms with van der Waals surface area (Å²) in [4.78, 5) is 22.4. The van der Waals surface area contributed by atoms with Gasteiger partial charge in [-0.15, -0.1) is 0 Å². The molecule has 39 heavy (non-hydrogen) atoms. The first-order valence-corrected chi connectivity index (χ1v) is 14.1. The van der Waals surface area contributed by atoms with Gasteiger partial charge in [-0.25, -0.2) is 17.8 Å². The van der Waals surface area contributed by atoms with Crippen LogP contribution in [0.3, 0.4) is 0 Å². The highest BCUT2D eigenvalue weighted by molar-refractivity contribution is 7.92. The first kappa shape index (κ1) is 28.7. The second-order valence-electron chi connectivity index (χ2n) is 9.94. The smallest absolute Gasteiger partial charge is 0.390 e. The molecule has 14 heteroatoms. The molecule has 1 aliphatic carbocycles. The highest BCUT2D eigenvalue weighted by Crippen LogP contribution is 2.28. The summed E-state index contributed by atoms with van der Waals surface area (Å²) in [5.41, 5.74) is -0.375. The van der Waals surface area contributed by atoms with Crippen LogP contribution in [0, 0.1) is 5.82 Å². The van der Waals surface area contributed by atoms with Crippen molar-refractivity contribution >= 4 is 32.7 Å².